The maximum Gasteiger partial charge on any atom is 0.328 e. The molecular weight excluding hydrogens is 182 g/mol. The second kappa shape index (κ2) is 4.83. The first-order valence-electron chi connectivity index (χ1n) is 4.78. The Hall–Kier alpha value is -1.26. The van der Waals surface area contributed by atoms with E-state index in [1.54, 1.807) is 0 Å². The van der Waals surface area contributed by atoms with E-state index in [1.165, 1.54) is 7.11 Å². The van der Waals surface area contributed by atoms with Gasteiger partial charge in [-0.2, -0.15) is 0 Å². The first kappa shape index (κ1) is 10.8. The second-order valence-electron chi connectivity index (χ2n) is 3.55. The Kier molecular flexibility index (Phi) is 3.73. The lowest BCUT2D eigenvalue weighted by molar-refractivity contribution is -0.143. The van der Waals surface area contributed by atoms with E-state index in [2.05, 4.69) is 15.6 Å². The molecule has 1 rings (SSSR count). The molecule has 0 amide bonds. The number of ether oxygens (including phenoxy) is 1. The molecule has 0 aromatic heterocycles. The van der Waals surface area contributed by atoms with Crippen LogP contribution in [0.2, 0.25) is 0 Å². The van der Waals surface area contributed by atoms with Crippen molar-refractivity contribution in [3.8, 4) is 0 Å². The summed E-state index contributed by atoms with van der Waals surface area (Å²) in [6.07, 6.45) is 0. The van der Waals surface area contributed by atoms with E-state index < -0.39 is 0 Å². The molecule has 80 valence electrons. The van der Waals surface area contributed by atoms with Crippen molar-refractivity contribution >= 4 is 11.9 Å². The lowest BCUT2D eigenvalue weighted by Gasteiger charge is -2.20. The van der Waals surface area contributed by atoms with E-state index in [-0.39, 0.29) is 17.9 Å². The van der Waals surface area contributed by atoms with Gasteiger partial charge in [-0.05, 0) is 5.92 Å². The largest absolute Gasteiger partial charge is 0.467 e. The Balaban J connectivity index is 2.54. The molecule has 0 radical (unpaired) electrons. The Morgan fingerprint density at radius 1 is 1.64 bits per heavy atom. The number of hydrogen-bond donors (Lipinski definition) is 2. The van der Waals surface area contributed by atoms with Gasteiger partial charge >= 0.3 is 5.97 Å². The summed E-state index contributed by atoms with van der Waals surface area (Å²) >= 11 is 0. The molecule has 1 aliphatic rings. The first-order valence-corrected chi connectivity index (χ1v) is 4.78. The molecule has 0 aliphatic carbocycles. The molecule has 0 aromatic rings. The minimum absolute atomic E-state index is 0.174. The zero-order valence-electron chi connectivity index (χ0n) is 8.83. The van der Waals surface area contributed by atoms with Gasteiger partial charge in [0.1, 0.15) is 6.04 Å². The molecule has 1 aliphatic heterocycles. The predicted octanol–water partition coefficient (Wildman–Crippen LogP) is -0.267. The number of nitrogens with zero attached hydrogens (tertiary/aromatic N) is 1. The SMILES string of the molecule is COC(=O)C(NC1=NCCN1)C(C)C. The van der Waals surface area contributed by atoms with Crippen LogP contribution in [-0.4, -0.2) is 38.2 Å². The molecule has 5 heteroatoms. The van der Waals surface area contributed by atoms with Crippen LogP contribution < -0.4 is 10.6 Å². The van der Waals surface area contributed by atoms with E-state index in [0.717, 1.165) is 13.1 Å². The summed E-state index contributed by atoms with van der Waals surface area (Å²) in [5.41, 5.74) is 0. The number of methoxy groups -OCH3 is 1. The van der Waals surface area contributed by atoms with Crippen molar-refractivity contribution in [1.29, 1.82) is 0 Å². The maximum absolute atomic E-state index is 11.4. The summed E-state index contributed by atoms with van der Waals surface area (Å²) in [5.74, 6) is 0.609. The molecule has 0 bridgehead atoms. The van der Waals surface area contributed by atoms with Crippen LogP contribution in [0.4, 0.5) is 0 Å². The molecule has 0 spiro atoms. The van der Waals surface area contributed by atoms with Crippen molar-refractivity contribution in [2.45, 2.75) is 19.9 Å². The molecule has 0 aromatic carbocycles. The van der Waals surface area contributed by atoms with Crippen LogP contribution in [0.1, 0.15) is 13.8 Å². The number of carbonyl (C=O) groups is 1. The molecule has 14 heavy (non-hydrogen) atoms. The molecule has 1 atom stereocenters. The van der Waals surface area contributed by atoms with Crippen LogP contribution in [0.3, 0.4) is 0 Å². The van der Waals surface area contributed by atoms with Crippen molar-refractivity contribution in [3.63, 3.8) is 0 Å². The molecule has 5 nitrogen and oxygen atoms in total. The van der Waals surface area contributed by atoms with Gasteiger partial charge in [0.05, 0.1) is 13.7 Å². The van der Waals surface area contributed by atoms with Crippen LogP contribution in [-0.2, 0) is 9.53 Å². The molecule has 1 heterocycles. The van der Waals surface area contributed by atoms with Crippen molar-refractivity contribution < 1.29 is 9.53 Å². The van der Waals surface area contributed by atoms with Gasteiger partial charge in [-0.15, -0.1) is 0 Å². The van der Waals surface area contributed by atoms with Crippen LogP contribution in [0, 0.1) is 5.92 Å². The van der Waals surface area contributed by atoms with E-state index in [1.807, 2.05) is 13.8 Å². The summed E-state index contributed by atoms with van der Waals surface area (Å²) in [5, 5.41) is 6.08. The van der Waals surface area contributed by atoms with Crippen molar-refractivity contribution in [2.24, 2.45) is 10.9 Å². The fourth-order valence-electron chi connectivity index (χ4n) is 1.27. The minimum atomic E-state index is -0.329. The van der Waals surface area contributed by atoms with Gasteiger partial charge in [-0.25, -0.2) is 4.79 Å². The first-order chi connectivity index (χ1) is 6.65. The molecule has 2 N–H and O–H groups in total. The van der Waals surface area contributed by atoms with Crippen LogP contribution in [0.5, 0.6) is 0 Å². The lowest BCUT2D eigenvalue weighted by Crippen LogP contribution is -2.48. The van der Waals surface area contributed by atoms with Gasteiger partial charge in [-0.1, -0.05) is 13.8 Å². The van der Waals surface area contributed by atoms with Crippen LogP contribution in [0.25, 0.3) is 0 Å². The van der Waals surface area contributed by atoms with Gasteiger partial charge in [0, 0.05) is 6.54 Å². The van der Waals surface area contributed by atoms with Crippen LogP contribution in [0.15, 0.2) is 4.99 Å². The summed E-state index contributed by atoms with van der Waals surface area (Å²) in [4.78, 5) is 15.5. The molecule has 0 saturated heterocycles. The van der Waals surface area contributed by atoms with Gasteiger partial charge in [0.2, 0.25) is 0 Å². The topological polar surface area (TPSA) is 62.7 Å². The third-order valence-electron chi connectivity index (χ3n) is 2.09. The Morgan fingerprint density at radius 2 is 2.36 bits per heavy atom. The molecular formula is C9H17N3O2. The highest BCUT2D eigenvalue weighted by Gasteiger charge is 2.24. The predicted molar refractivity (Wildman–Crippen MR) is 54.1 cm³/mol. The third kappa shape index (κ3) is 2.61. The number of hydrogen-bond acceptors (Lipinski definition) is 5. The smallest absolute Gasteiger partial charge is 0.328 e. The summed E-state index contributed by atoms with van der Waals surface area (Å²) < 4.78 is 4.70. The summed E-state index contributed by atoms with van der Waals surface area (Å²) in [6.45, 7) is 5.51. The molecule has 0 fully saturated rings. The van der Waals surface area contributed by atoms with E-state index in [9.17, 15) is 4.79 Å². The highest BCUT2D eigenvalue weighted by Crippen LogP contribution is 2.03. The highest BCUT2D eigenvalue weighted by molar-refractivity contribution is 5.87. The van der Waals surface area contributed by atoms with Crippen molar-refractivity contribution in [2.75, 3.05) is 20.2 Å². The molecule has 0 saturated carbocycles. The summed E-state index contributed by atoms with van der Waals surface area (Å²) in [6, 6.07) is -0.329. The lowest BCUT2D eigenvalue weighted by atomic mass is 10.1. The van der Waals surface area contributed by atoms with E-state index in [4.69, 9.17) is 4.74 Å². The minimum Gasteiger partial charge on any atom is -0.467 e. The van der Waals surface area contributed by atoms with E-state index >= 15 is 0 Å². The zero-order chi connectivity index (χ0) is 10.6. The zero-order valence-corrected chi connectivity index (χ0v) is 8.83. The fraction of sp³-hybridized carbons (Fsp3) is 0.778. The van der Waals surface area contributed by atoms with Crippen molar-refractivity contribution in [3.05, 3.63) is 0 Å². The Bertz CT molecular complexity index is 238. The van der Waals surface area contributed by atoms with Gasteiger partial charge in [0.15, 0.2) is 5.96 Å². The van der Waals surface area contributed by atoms with Crippen molar-refractivity contribution in [1.82, 2.24) is 10.6 Å². The Labute approximate surface area is 83.9 Å². The maximum atomic E-state index is 11.4. The average Bonchev–Trinajstić information content (AvgIpc) is 2.65. The number of rotatable bonds is 3. The quantitative estimate of drug-likeness (QED) is 0.614. The number of nitrogens with one attached hydrogen (secondary N) is 2. The Morgan fingerprint density at radius 3 is 2.79 bits per heavy atom. The van der Waals surface area contributed by atoms with Gasteiger partial charge in [-0.3, -0.25) is 4.99 Å². The number of carbonyl (C=O) groups excluding carboxylic acids is 1. The second-order valence-corrected chi connectivity index (χ2v) is 3.55. The van der Waals surface area contributed by atoms with Gasteiger partial charge in [0.25, 0.3) is 0 Å². The normalized spacial score (nSPS) is 17.3. The summed E-state index contributed by atoms with van der Waals surface area (Å²) in [7, 11) is 1.39. The number of aliphatic imine (C=N–C) groups is 1. The average molecular weight is 199 g/mol. The standard InChI is InChI=1S/C9H17N3O2/c1-6(2)7(8(13)14-3)12-9-10-4-5-11-9/h6-7H,4-5H2,1-3H3,(H2,10,11,12). The highest BCUT2D eigenvalue weighted by atomic mass is 16.5. The molecule has 1 unspecified atom stereocenters. The number of guanidine groups is 1. The monoisotopic (exact) mass is 199 g/mol. The fourth-order valence-corrected chi connectivity index (χ4v) is 1.27. The van der Waals surface area contributed by atoms with Gasteiger partial charge < -0.3 is 15.4 Å². The van der Waals surface area contributed by atoms with E-state index in [0.29, 0.717) is 5.96 Å². The number of esters is 1. The van der Waals surface area contributed by atoms with Crippen LogP contribution >= 0.6 is 0 Å². The third-order valence-corrected chi connectivity index (χ3v) is 2.09.